The van der Waals surface area contributed by atoms with E-state index in [2.05, 4.69) is 21.3 Å². The monoisotopic (exact) mass is 1490 g/mol. The Bertz CT molecular complexity index is 2170. The molecule has 4 amide bonds. The molecule has 4 aliphatic heterocycles. The molecule has 0 aliphatic carbocycles. The first-order chi connectivity index (χ1) is 49.4. The van der Waals surface area contributed by atoms with Gasteiger partial charge in [0.15, 0.2) is 25.2 Å². The Morgan fingerprint density at radius 1 is 0.369 bits per heavy atom. The Labute approximate surface area is 605 Å². The lowest BCUT2D eigenvalue weighted by atomic mass is 9.96. The molecule has 0 aromatic rings. The van der Waals surface area contributed by atoms with Gasteiger partial charge in [0, 0.05) is 90.7 Å². The second-order valence-electron chi connectivity index (χ2n) is 27.0. The number of nitrogens with one attached hydrogen (secondary N) is 4. The van der Waals surface area contributed by atoms with Crippen molar-refractivity contribution in [3.63, 3.8) is 0 Å². The zero-order chi connectivity index (χ0) is 75.4. The zero-order valence-corrected chi connectivity index (χ0v) is 61.3. The Balaban J connectivity index is 0.814. The SMILES string of the molecule is CC(=O)NC1C(OC2COC(OCCCCCCCC(=O)CCOCCOCCOCCNC(=O)CCOCC(C)(C)COCCC(=O)CCCOCCOCCOCCC(=O)NCCCCCCOC3OCC(OC4OC(C)C(O)C(O)C4NC(C)=O)C(O)C3O)C(O)C2O)OC(C)C(O)C1O. The van der Waals surface area contributed by atoms with Crippen molar-refractivity contribution >= 4 is 35.2 Å². The molecular formula is C69H124N4O30. The number of aliphatic hydroxyl groups is 8. The van der Waals surface area contributed by atoms with Crippen LogP contribution in [-0.2, 0) is 105 Å². The molecule has 18 atom stereocenters. The summed E-state index contributed by atoms with van der Waals surface area (Å²) in [6.45, 7) is 16.1. The van der Waals surface area contributed by atoms with Gasteiger partial charge in [-0.05, 0) is 46.0 Å². The minimum Gasteiger partial charge on any atom is -0.388 e. The van der Waals surface area contributed by atoms with Gasteiger partial charge < -0.3 is 138 Å². The van der Waals surface area contributed by atoms with Crippen molar-refractivity contribution in [1.29, 1.82) is 0 Å². The Hall–Kier alpha value is -3.74. The Morgan fingerprint density at radius 2 is 0.738 bits per heavy atom. The molecule has 4 saturated heterocycles. The fourth-order valence-corrected chi connectivity index (χ4v) is 11.2. The van der Waals surface area contributed by atoms with Gasteiger partial charge in [0.25, 0.3) is 0 Å². The molecule has 12 N–H and O–H groups in total. The molecule has 18 unspecified atom stereocenters. The van der Waals surface area contributed by atoms with Gasteiger partial charge in [0.05, 0.1) is 125 Å². The predicted octanol–water partition coefficient (Wildman–Crippen LogP) is -1.34. The van der Waals surface area contributed by atoms with Gasteiger partial charge in [0.2, 0.25) is 23.6 Å². The van der Waals surface area contributed by atoms with E-state index in [0.717, 1.165) is 44.9 Å². The van der Waals surface area contributed by atoms with Crippen molar-refractivity contribution in [3.8, 4) is 0 Å². The predicted molar refractivity (Wildman–Crippen MR) is 363 cm³/mol. The Kier molecular flexibility index (Phi) is 47.3. The first kappa shape index (κ1) is 91.6. The van der Waals surface area contributed by atoms with E-state index in [1.165, 1.54) is 27.7 Å². The number of carbonyl (C=O) groups is 6. The van der Waals surface area contributed by atoms with Crippen molar-refractivity contribution in [1.82, 2.24) is 21.3 Å². The quantitative estimate of drug-likeness (QED) is 0.0314. The van der Waals surface area contributed by atoms with Crippen LogP contribution in [0.1, 0.15) is 144 Å². The molecule has 103 heavy (non-hydrogen) atoms. The van der Waals surface area contributed by atoms with Gasteiger partial charge in [-0.2, -0.15) is 0 Å². The van der Waals surface area contributed by atoms with E-state index in [1.807, 2.05) is 13.8 Å². The molecule has 0 radical (unpaired) electrons. The van der Waals surface area contributed by atoms with E-state index < -0.39 is 122 Å². The van der Waals surface area contributed by atoms with Gasteiger partial charge in [-0.3, -0.25) is 28.8 Å². The summed E-state index contributed by atoms with van der Waals surface area (Å²) in [6, 6.07) is -2.23. The van der Waals surface area contributed by atoms with Crippen LogP contribution < -0.4 is 21.3 Å². The normalized spacial score (nSPS) is 28.2. The summed E-state index contributed by atoms with van der Waals surface area (Å²) in [4.78, 5) is 72.6. The number of ketones is 2. The van der Waals surface area contributed by atoms with Crippen molar-refractivity contribution in [2.24, 2.45) is 5.41 Å². The summed E-state index contributed by atoms with van der Waals surface area (Å²) in [5.41, 5.74) is -0.319. The zero-order valence-electron chi connectivity index (χ0n) is 61.3. The third kappa shape index (κ3) is 38.3. The van der Waals surface area contributed by atoms with Gasteiger partial charge in [-0.15, -0.1) is 0 Å². The van der Waals surface area contributed by atoms with Crippen LogP contribution in [0.15, 0.2) is 0 Å². The van der Waals surface area contributed by atoms with E-state index >= 15 is 0 Å². The highest BCUT2D eigenvalue weighted by molar-refractivity contribution is 5.79. The summed E-state index contributed by atoms with van der Waals surface area (Å²) < 4.78 is 90.2. The number of ether oxygens (including phenoxy) is 16. The maximum atomic E-state index is 12.4. The number of unbranched alkanes of at least 4 members (excludes halogenated alkanes) is 7. The molecule has 0 aromatic carbocycles. The van der Waals surface area contributed by atoms with Crippen LogP contribution in [0.5, 0.6) is 0 Å². The van der Waals surface area contributed by atoms with Crippen molar-refractivity contribution in [2.45, 2.75) is 255 Å². The lowest BCUT2D eigenvalue weighted by Gasteiger charge is -2.44. The number of rotatable bonds is 58. The number of amides is 4. The lowest BCUT2D eigenvalue weighted by molar-refractivity contribution is -0.323. The third-order valence-corrected chi connectivity index (χ3v) is 17.2. The fourth-order valence-electron chi connectivity index (χ4n) is 11.2. The molecule has 4 rings (SSSR count). The van der Waals surface area contributed by atoms with Crippen LogP contribution in [0.3, 0.4) is 0 Å². The van der Waals surface area contributed by atoms with E-state index in [4.69, 9.17) is 75.8 Å². The summed E-state index contributed by atoms with van der Waals surface area (Å²) in [5.74, 6) is -1.02. The number of carbonyl (C=O) groups excluding carboxylic acids is 6. The van der Waals surface area contributed by atoms with E-state index in [-0.39, 0.29) is 81.3 Å². The lowest BCUT2D eigenvalue weighted by Crippen LogP contribution is -2.65. The molecule has 4 fully saturated rings. The van der Waals surface area contributed by atoms with Crippen LogP contribution in [0, 0.1) is 5.41 Å². The van der Waals surface area contributed by atoms with Gasteiger partial charge >= 0.3 is 0 Å². The first-order valence-electron chi connectivity index (χ1n) is 36.6. The van der Waals surface area contributed by atoms with Crippen LogP contribution in [-0.4, -0.2) is 332 Å². The summed E-state index contributed by atoms with van der Waals surface area (Å²) in [6.07, 6.45) is -9.89. The van der Waals surface area contributed by atoms with Crippen molar-refractivity contribution in [2.75, 3.05) is 145 Å². The standard InChI is InChI=1S/C69H124N4O30/c1-45-57(80)61(84)55(72-47(3)74)65(100-45)102-51-41-98-67(63(86)59(51)82)96-26-14-10-7-8-12-17-49(76)19-28-89-34-38-93-40-36-91-32-24-71-54(79)22-31-95-44-69(5,6)43-94-29-20-50(77)18-16-25-88-33-37-92-39-35-90-30-21-53(78)70-23-13-9-11-15-27-97-68-64(87)60(83)52(42-99-68)103-66-56(73-48(4)75)62(85)58(81)46(2)101-66/h45-46,51-52,55-68,80-87H,7-44H2,1-6H3,(H,70,78)(H,71,79)(H,72,74)(H,73,75). The van der Waals surface area contributed by atoms with Crippen molar-refractivity contribution < 1.29 is 145 Å². The highest BCUT2D eigenvalue weighted by atomic mass is 16.7. The topological polar surface area (TPSA) is 460 Å². The summed E-state index contributed by atoms with van der Waals surface area (Å²) in [5, 5.41) is 94.8. The minimum absolute atomic E-state index is 0.0862. The molecular weight excluding hydrogens is 1360 g/mol. The third-order valence-electron chi connectivity index (χ3n) is 17.2. The number of Topliss-reactive ketones (excluding diaryl/α,β-unsaturated/α-hetero) is 2. The minimum atomic E-state index is -1.44. The first-order valence-corrected chi connectivity index (χ1v) is 36.6. The Morgan fingerprint density at radius 3 is 1.20 bits per heavy atom. The number of hydrogen-bond acceptors (Lipinski definition) is 30. The highest BCUT2D eigenvalue weighted by Crippen LogP contribution is 2.29. The van der Waals surface area contributed by atoms with Crippen molar-refractivity contribution in [3.05, 3.63) is 0 Å². The fraction of sp³-hybridized carbons (Fsp3) is 0.913. The van der Waals surface area contributed by atoms with Gasteiger partial charge in [-0.25, -0.2) is 0 Å². The van der Waals surface area contributed by atoms with Crippen LogP contribution in [0.4, 0.5) is 0 Å². The number of aliphatic hydroxyl groups excluding tert-OH is 8. The molecule has 0 aromatic heterocycles. The second-order valence-corrected chi connectivity index (χ2v) is 27.0. The maximum Gasteiger partial charge on any atom is 0.222 e. The molecule has 600 valence electrons. The molecule has 0 bridgehead atoms. The van der Waals surface area contributed by atoms with Crippen LogP contribution in [0.25, 0.3) is 0 Å². The smallest absolute Gasteiger partial charge is 0.222 e. The van der Waals surface area contributed by atoms with Gasteiger partial charge in [0.1, 0.15) is 84.7 Å². The average Bonchev–Trinajstić information content (AvgIpc) is 0.803. The van der Waals surface area contributed by atoms with Crippen LogP contribution >= 0.6 is 0 Å². The maximum absolute atomic E-state index is 12.4. The van der Waals surface area contributed by atoms with E-state index in [1.54, 1.807) is 0 Å². The summed E-state index contributed by atoms with van der Waals surface area (Å²) >= 11 is 0. The largest absolute Gasteiger partial charge is 0.388 e. The molecule has 0 spiro atoms. The molecule has 0 saturated carbocycles. The van der Waals surface area contributed by atoms with Crippen LogP contribution in [0.2, 0.25) is 0 Å². The molecule has 4 heterocycles. The second kappa shape index (κ2) is 53.1. The summed E-state index contributed by atoms with van der Waals surface area (Å²) in [7, 11) is 0. The van der Waals surface area contributed by atoms with E-state index in [0.29, 0.717) is 151 Å². The van der Waals surface area contributed by atoms with E-state index in [9.17, 15) is 69.6 Å². The van der Waals surface area contributed by atoms with Gasteiger partial charge in [-0.1, -0.05) is 46.0 Å². The average molecular weight is 1490 g/mol. The molecule has 34 nitrogen and oxygen atoms in total. The molecule has 34 heteroatoms. The molecule has 4 aliphatic rings. The number of hydrogen-bond donors (Lipinski definition) is 12. The highest BCUT2D eigenvalue weighted by Gasteiger charge is 2.50.